The Kier molecular flexibility index (Phi) is 5.27. The third-order valence-electron chi connectivity index (χ3n) is 4.32. The second kappa shape index (κ2) is 7.53. The lowest BCUT2D eigenvalue weighted by atomic mass is 10.2. The highest BCUT2D eigenvalue weighted by Gasteiger charge is 2.22. The Balaban J connectivity index is 2.11. The molecule has 0 radical (unpaired) electrons. The standard InChI is InChI=1S/C18H17N5O5S/c1-11-16(9-15(23(24)25)10-17(11)29(26,27)28)19-20-18-12(2)21-22(13(18)3)14-7-5-4-6-8-14/h4-10H,1-3H3,(H,26,27,28)/b20-19+. The molecular formula is C18H17N5O5S. The van der Waals surface area contributed by atoms with Gasteiger partial charge in [-0.1, -0.05) is 18.2 Å². The number of hydrogen-bond donors (Lipinski definition) is 1. The van der Waals surface area contributed by atoms with Crippen LogP contribution in [-0.4, -0.2) is 27.7 Å². The molecule has 0 aliphatic carbocycles. The van der Waals surface area contributed by atoms with Gasteiger partial charge in [-0.15, -0.1) is 10.2 Å². The maximum atomic E-state index is 11.6. The number of aromatic nitrogens is 2. The Morgan fingerprint density at radius 3 is 2.34 bits per heavy atom. The third-order valence-corrected chi connectivity index (χ3v) is 5.30. The molecule has 1 aromatic heterocycles. The normalized spacial score (nSPS) is 11.9. The number of azo groups is 1. The molecule has 3 rings (SSSR count). The Morgan fingerprint density at radius 1 is 1.10 bits per heavy atom. The second-order valence-corrected chi connectivity index (χ2v) is 7.68. The summed E-state index contributed by atoms with van der Waals surface area (Å²) in [6.07, 6.45) is 0. The fourth-order valence-corrected chi connectivity index (χ4v) is 3.60. The number of benzene rings is 2. The molecule has 0 saturated carbocycles. The van der Waals surface area contributed by atoms with E-state index in [-0.39, 0.29) is 11.3 Å². The first-order valence-electron chi connectivity index (χ1n) is 8.39. The van der Waals surface area contributed by atoms with Crippen LogP contribution in [-0.2, 0) is 10.1 Å². The average Bonchev–Trinajstić information content (AvgIpc) is 2.94. The zero-order valence-electron chi connectivity index (χ0n) is 15.8. The van der Waals surface area contributed by atoms with Crippen LogP contribution in [0, 0.1) is 30.9 Å². The number of rotatable bonds is 5. The fraction of sp³-hybridized carbons (Fsp3) is 0.167. The van der Waals surface area contributed by atoms with Crippen molar-refractivity contribution in [3.05, 3.63) is 69.5 Å². The van der Waals surface area contributed by atoms with Crippen molar-refractivity contribution >= 4 is 27.2 Å². The van der Waals surface area contributed by atoms with Gasteiger partial charge in [0, 0.05) is 12.1 Å². The van der Waals surface area contributed by atoms with Crippen LogP contribution in [0.2, 0.25) is 0 Å². The maximum absolute atomic E-state index is 11.6. The van der Waals surface area contributed by atoms with Gasteiger partial charge in [-0.05, 0) is 38.5 Å². The number of nitrogens with zero attached hydrogens (tertiary/aromatic N) is 5. The van der Waals surface area contributed by atoms with Crippen molar-refractivity contribution in [1.29, 1.82) is 0 Å². The molecule has 0 atom stereocenters. The van der Waals surface area contributed by atoms with E-state index in [1.807, 2.05) is 30.3 Å². The summed E-state index contributed by atoms with van der Waals surface area (Å²) in [5.41, 5.74) is 2.03. The number of para-hydroxylation sites is 1. The van der Waals surface area contributed by atoms with Crippen LogP contribution in [0.3, 0.4) is 0 Å². The topological polar surface area (TPSA) is 140 Å². The van der Waals surface area contributed by atoms with Gasteiger partial charge in [-0.2, -0.15) is 13.5 Å². The van der Waals surface area contributed by atoms with E-state index < -0.39 is 25.6 Å². The molecule has 1 N–H and O–H groups in total. The molecule has 29 heavy (non-hydrogen) atoms. The third kappa shape index (κ3) is 4.05. The van der Waals surface area contributed by atoms with Crippen molar-refractivity contribution in [2.75, 3.05) is 0 Å². The van der Waals surface area contributed by atoms with Gasteiger partial charge < -0.3 is 0 Å². The van der Waals surface area contributed by atoms with Gasteiger partial charge in [-0.3, -0.25) is 14.7 Å². The van der Waals surface area contributed by atoms with Gasteiger partial charge in [0.15, 0.2) is 0 Å². The molecule has 0 spiro atoms. The molecule has 0 unspecified atom stereocenters. The van der Waals surface area contributed by atoms with E-state index in [9.17, 15) is 23.1 Å². The largest absolute Gasteiger partial charge is 0.295 e. The first-order valence-corrected chi connectivity index (χ1v) is 9.83. The minimum absolute atomic E-state index is 0.0434. The highest BCUT2D eigenvalue weighted by Crippen LogP contribution is 2.33. The molecule has 0 amide bonds. The van der Waals surface area contributed by atoms with Crippen molar-refractivity contribution in [2.45, 2.75) is 25.7 Å². The van der Waals surface area contributed by atoms with Crippen LogP contribution in [0.15, 0.2) is 57.6 Å². The lowest BCUT2D eigenvalue weighted by molar-refractivity contribution is -0.385. The molecule has 150 valence electrons. The van der Waals surface area contributed by atoms with Crippen LogP contribution in [0.1, 0.15) is 17.0 Å². The molecule has 10 nitrogen and oxygen atoms in total. The van der Waals surface area contributed by atoms with Crippen LogP contribution in [0.5, 0.6) is 0 Å². The van der Waals surface area contributed by atoms with Crippen molar-refractivity contribution in [2.24, 2.45) is 10.2 Å². The smallest absolute Gasteiger partial charge is 0.282 e. The molecule has 2 aromatic carbocycles. The number of nitro benzene ring substituents is 1. The summed E-state index contributed by atoms with van der Waals surface area (Å²) < 4.78 is 34.2. The quantitative estimate of drug-likeness (QED) is 0.284. The van der Waals surface area contributed by atoms with Gasteiger partial charge in [0.2, 0.25) is 0 Å². The van der Waals surface area contributed by atoms with Crippen LogP contribution in [0.25, 0.3) is 5.69 Å². The average molecular weight is 415 g/mol. The lowest BCUT2D eigenvalue weighted by Crippen LogP contribution is -2.02. The zero-order valence-corrected chi connectivity index (χ0v) is 16.6. The second-order valence-electron chi connectivity index (χ2n) is 6.29. The van der Waals surface area contributed by atoms with E-state index in [0.717, 1.165) is 17.8 Å². The van der Waals surface area contributed by atoms with Crippen molar-refractivity contribution in [3.63, 3.8) is 0 Å². The molecule has 0 bridgehead atoms. The first kappa shape index (κ1) is 20.3. The summed E-state index contributed by atoms with van der Waals surface area (Å²) in [6.45, 7) is 4.92. The minimum Gasteiger partial charge on any atom is -0.282 e. The van der Waals surface area contributed by atoms with Crippen LogP contribution >= 0.6 is 0 Å². The summed E-state index contributed by atoms with van der Waals surface area (Å²) in [7, 11) is -4.67. The summed E-state index contributed by atoms with van der Waals surface area (Å²) in [6, 6.07) is 11.3. The van der Waals surface area contributed by atoms with Gasteiger partial charge in [-0.25, -0.2) is 4.68 Å². The van der Waals surface area contributed by atoms with Crippen molar-refractivity contribution < 1.29 is 17.9 Å². The predicted molar refractivity (Wildman–Crippen MR) is 105 cm³/mol. The summed E-state index contributed by atoms with van der Waals surface area (Å²) in [4.78, 5) is 9.77. The number of hydrogen-bond acceptors (Lipinski definition) is 7. The number of nitro groups is 1. The molecule has 0 aliphatic heterocycles. The fourth-order valence-electron chi connectivity index (χ4n) is 2.84. The van der Waals surface area contributed by atoms with E-state index in [1.54, 1.807) is 18.5 Å². The van der Waals surface area contributed by atoms with Crippen molar-refractivity contribution in [3.8, 4) is 5.69 Å². The van der Waals surface area contributed by atoms with Gasteiger partial charge in [0.05, 0.1) is 27.7 Å². The van der Waals surface area contributed by atoms with Gasteiger partial charge in [0.1, 0.15) is 10.6 Å². The van der Waals surface area contributed by atoms with E-state index in [0.29, 0.717) is 17.1 Å². The van der Waals surface area contributed by atoms with Crippen LogP contribution in [0.4, 0.5) is 17.1 Å². The molecule has 11 heteroatoms. The van der Waals surface area contributed by atoms with E-state index in [1.165, 1.54) is 6.92 Å². The summed E-state index contributed by atoms with van der Waals surface area (Å²) in [5.74, 6) is 0. The highest BCUT2D eigenvalue weighted by molar-refractivity contribution is 7.85. The summed E-state index contributed by atoms with van der Waals surface area (Å²) in [5, 5.41) is 23.7. The van der Waals surface area contributed by atoms with Crippen LogP contribution < -0.4 is 0 Å². The molecule has 1 heterocycles. The predicted octanol–water partition coefficient (Wildman–Crippen LogP) is 4.37. The number of non-ortho nitro benzene ring substituents is 1. The van der Waals surface area contributed by atoms with Gasteiger partial charge in [0.25, 0.3) is 15.8 Å². The first-order chi connectivity index (χ1) is 13.6. The van der Waals surface area contributed by atoms with E-state index in [2.05, 4.69) is 15.3 Å². The molecule has 0 saturated heterocycles. The molecule has 0 aliphatic rings. The van der Waals surface area contributed by atoms with E-state index in [4.69, 9.17) is 0 Å². The Labute approximate surface area is 166 Å². The molecular weight excluding hydrogens is 398 g/mol. The Morgan fingerprint density at radius 2 is 1.76 bits per heavy atom. The highest BCUT2D eigenvalue weighted by atomic mass is 32.2. The monoisotopic (exact) mass is 415 g/mol. The maximum Gasteiger partial charge on any atom is 0.295 e. The Bertz CT molecular complexity index is 1230. The SMILES string of the molecule is Cc1nn(-c2ccccc2)c(C)c1/N=N/c1cc([N+](=O)[O-])cc(S(=O)(=O)O)c1C. The number of aryl methyl sites for hydroxylation is 1. The lowest BCUT2D eigenvalue weighted by Gasteiger charge is -2.05. The zero-order chi connectivity index (χ0) is 21.3. The minimum atomic E-state index is -4.67. The van der Waals surface area contributed by atoms with Crippen molar-refractivity contribution in [1.82, 2.24) is 9.78 Å². The Hall–Kier alpha value is -3.44. The van der Waals surface area contributed by atoms with E-state index >= 15 is 0 Å². The summed E-state index contributed by atoms with van der Waals surface area (Å²) >= 11 is 0. The van der Waals surface area contributed by atoms with Gasteiger partial charge >= 0.3 is 0 Å². The molecule has 3 aromatic rings. The molecule has 0 fully saturated rings.